The summed E-state index contributed by atoms with van der Waals surface area (Å²) in [6, 6.07) is 7.25. The van der Waals surface area contributed by atoms with E-state index >= 15 is 0 Å². The van der Waals surface area contributed by atoms with Gasteiger partial charge in [-0.2, -0.15) is 0 Å². The average molecular weight is 305 g/mol. The lowest BCUT2D eigenvalue weighted by Gasteiger charge is -2.03. The molecule has 0 aliphatic carbocycles. The molecule has 1 heterocycles. The molecule has 1 aromatic carbocycles. The second-order valence-electron chi connectivity index (χ2n) is 4.28. The molecule has 0 unspecified atom stereocenters. The smallest absolute Gasteiger partial charge is 0.124 e. The summed E-state index contributed by atoms with van der Waals surface area (Å²) < 4.78 is 0. The van der Waals surface area contributed by atoms with E-state index in [1.165, 1.54) is 9.78 Å². The molecule has 0 aliphatic heterocycles. The van der Waals surface area contributed by atoms with Gasteiger partial charge in [0.1, 0.15) is 10.8 Å². The van der Waals surface area contributed by atoms with Crippen LogP contribution in [0.15, 0.2) is 30.3 Å². The Kier molecular flexibility index (Phi) is 5.26. The van der Waals surface area contributed by atoms with E-state index in [2.05, 4.69) is 26.8 Å². The molecule has 2 aromatic rings. The number of phenols is 1. The van der Waals surface area contributed by atoms with Crippen LogP contribution in [0, 0.1) is 0 Å². The molecule has 0 radical (unpaired) electrons. The van der Waals surface area contributed by atoms with E-state index in [1.54, 1.807) is 23.5 Å². The van der Waals surface area contributed by atoms with Gasteiger partial charge in [-0.3, -0.25) is 0 Å². The van der Waals surface area contributed by atoms with Crippen LogP contribution in [0.2, 0.25) is 0 Å². The van der Waals surface area contributed by atoms with Crippen LogP contribution < -0.4 is 0 Å². The normalized spacial score (nSPS) is 11.8. The summed E-state index contributed by atoms with van der Waals surface area (Å²) in [5.74, 6) is 1.34. The van der Waals surface area contributed by atoms with Crippen LogP contribution in [0.1, 0.15) is 31.3 Å². The van der Waals surface area contributed by atoms with Gasteiger partial charge in [0, 0.05) is 15.3 Å². The minimum atomic E-state index is 0.289. The number of aryl methyl sites for hydroxylation is 1. The number of benzene rings is 1. The molecule has 0 fully saturated rings. The van der Waals surface area contributed by atoms with E-state index in [0.717, 1.165) is 28.4 Å². The summed E-state index contributed by atoms with van der Waals surface area (Å²) in [7, 11) is 0. The summed E-state index contributed by atoms with van der Waals surface area (Å²) >= 11 is 3.58. The summed E-state index contributed by atoms with van der Waals surface area (Å²) in [5, 5.41) is 10.4. The number of phenolic OH excluding ortho intramolecular Hbond substituents is 1. The van der Waals surface area contributed by atoms with E-state index in [-0.39, 0.29) is 5.75 Å². The van der Waals surface area contributed by atoms with Crippen molar-refractivity contribution in [2.75, 3.05) is 5.75 Å². The second-order valence-corrected chi connectivity index (χ2v) is 6.67. The number of rotatable bonds is 5. The standard InChI is InChI=1S/C16H19NOS2/c1-4-13(19-6-3)15-14(5-2)20-16(17-15)11-7-9-12(18)10-8-11/h4,7-10,18H,5-6H2,1-3H3/b13-4-. The van der Waals surface area contributed by atoms with Crippen molar-refractivity contribution in [1.82, 2.24) is 4.98 Å². The molecule has 4 heteroatoms. The van der Waals surface area contributed by atoms with Crippen LogP contribution >= 0.6 is 23.1 Å². The molecule has 0 spiro atoms. The lowest BCUT2D eigenvalue weighted by molar-refractivity contribution is 0.475. The van der Waals surface area contributed by atoms with Crippen molar-refractivity contribution in [3.05, 3.63) is 40.9 Å². The minimum absolute atomic E-state index is 0.289. The fourth-order valence-corrected chi connectivity index (χ4v) is 3.82. The molecule has 106 valence electrons. The van der Waals surface area contributed by atoms with E-state index in [1.807, 2.05) is 23.9 Å². The number of nitrogens with zero attached hydrogens (tertiary/aromatic N) is 1. The Hall–Kier alpha value is -1.26. The van der Waals surface area contributed by atoms with Crippen molar-refractivity contribution in [2.24, 2.45) is 0 Å². The molecule has 0 atom stereocenters. The molecule has 1 N–H and O–H groups in total. The third-order valence-corrected chi connectivity index (χ3v) is 5.21. The van der Waals surface area contributed by atoms with Gasteiger partial charge >= 0.3 is 0 Å². The third kappa shape index (κ3) is 3.25. The number of aromatic hydroxyl groups is 1. The lowest BCUT2D eigenvalue weighted by Crippen LogP contribution is -1.87. The van der Waals surface area contributed by atoms with Crippen molar-refractivity contribution in [1.29, 1.82) is 0 Å². The van der Waals surface area contributed by atoms with Gasteiger partial charge in [0.25, 0.3) is 0 Å². The predicted molar refractivity (Wildman–Crippen MR) is 90.4 cm³/mol. The molecular weight excluding hydrogens is 286 g/mol. The van der Waals surface area contributed by atoms with Gasteiger partial charge in [0.05, 0.1) is 5.69 Å². The van der Waals surface area contributed by atoms with E-state index in [4.69, 9.17) is 4.98 Å². The number of allylic oxidation sites excluding steroid dienone is 1. The maximum absolute atomic E-state index is 9.38. The number of thiazole rings is 1. The first-order valence-corrected chi connectivity index (χ1v) is 8.58. The second kappa shape index (κ2) is 6.95. The van der Waals surface area contributed by atoms with E-state index in [0.29, 0.717) is 0 Å². The molecular formula is C16H19NOS2. The van der Waals surface area contributed by atoms with Crippen molar-refractivity contribution in [3.63, 3.8) is 0 Å². The molecule has 1 aromatic heterocycles. The first kappa shape index (κ1) is 15.1. The highest BCUT2D eigenvalue weighted by atomic mass is 32.2. The summed E-state index contributed by atoms with van der Waals surface area (Å²) in [6.07, 6.45) is 3.13. The predicted octanol–water partition coefficient (Wildman–Crippen LogP) is 5.19. The first-order chi connectivity index (χ1) is 9.69. The monoisotopic (exact) mass is 305 g/mol. The topological polar surface area (TPSA) is 33.1 Å². The Morgan fingerprint density at radius 2 is 2.00 bits per heavy atom. The largest absolute Gasteiger partial charge is 0.508 e. The van der Waals surface area contributed by atoms with Gasteiger partial charge in [-0.25, -0.2) is 4.98 Å². The van der Waals surface area contributed by atoms with Gasteiger partial charge in [0.15, 0.2) is 0 Å². The third-order valence-electron chi connectivity index (χ3n) is 2.93. The van der Waals surface area contributed by atoms with Crippen LogP contribution in [-0.2, 0) is 6.42 Å². The van der Waals surface area contributed by atoms with Gasteiger partial charge < -0.3 is 5.11 Å². The Morgan fingerprint density at radius 1 is 1.30 bits per heavy atom. The average Bonchev–Trinajstić information content (AvgIpc) is 2.89. The quantitative estimate of drug-likeness (QED) is 0.825. The Morgan fingerprint density at radius 3 is 2.55 bits per heavy atom. The van der Waals surface area contributed by atoms with Gasteiger partial charge in [-0.05, 0) is 43.4 Å². The summed E-state index contributed by atoms with van der Waals surface area (Å²) in [6.45, 7) is 6.39. The van der Waals surface area contributed by atoms with Gasteiger partial charge in [-0.1, -0.05) is 19.9 Å². The van der Waals surface area contributed by atoms with Crippen molar-refractivity contribution in [2.45, 2.75) is 27.2 Å². The number of thioether (sulfide) groups is 1. The first-order valence-electron chi connectivity index (χ1n) is 6.78. The molecule has 20 heavy (non-hydrogen) atoms. The molecule has 2 rings (SSSR count). The highest BCUT2D eigenvalue weighted by Crippen LogP contribution is 2.36. The Bertz CT molecular complexity index is 599. The highest BCUT2D eigenvalue weighted by Gasteiger charge is 2.14. The lowest BCUT2D eigenvalue weighted by atomic mass is 10.2. The zero-order chi connectivity index (χ0) is 14.5. The van der Waals surface area contributed by atoms with Crippen molar-refractivity contribution < 1.29 is 5.11 Å². The molecule has 0 bridgehead atoms. The molecule has 2 nitrogen and oxygen atoms in total. The van der Waals surface area contributed by atoms with Crippen molar-refractivity contribution >= 4 is 28.0 Å². The molecule has 0 aliphatic rings. The number of hydrogen-bond donors (Lipinski definition) is 1. The summed E-state index contributed by atoms with van der Waals surface area (Å²) in [5.41, 5.74) is 2.18. The SMILES string of the molecule is C/C=C(\SCC)c1nc(-c2ccc(O)cc2)sc1CC. The molecule has 0 saturated heterocycles. The maximum Gasteiger partial charge on any atom is 0.124 e. The van der Waals surface area contributed by atoms with E-state index < -0.39 is 0 Å². The highest BCUT2D eigenvalue weighted by molar-refractivity contribution is 8.08. The number of aromatic nitrogens is 1. The zero-order valence-electron chi connectivity index (χ0n) is 12.0. The Labute approximate surface area is 128 Å². The van der Waals surface area contributed by atoms with Crippen LogP contribution in [0.4, 0.5) is 0 Å². The van der Waals surface area contributed by atoms with Gasteiger partial charge in [-0.15, -0.1) is 23.1 Å². The zero-order valence-corrected chi connectivity index (χ0v) is 13.6. The van der Waals surface area contributed by atoms with Gasteiger partial charge in [0.2, 0.25) is 0 Å². The van der Waals surface area contributed by atoms with Crippen LogP contribution in [0.25, 0.3) is 15.5 Å². The van der Waals surface area contributed by atoms with Crippen LogP contribution in [0.5, 0.6) is 5.75 Å². The fourth-order valence-electron chi connectivity index (χ4n) is 1.96. The minimum Gasteiger partial charge on any atom is -0.508 e. The fraction of sp³-hybridized carbons (Fsp3) is 0.312. The maximum atomic E-state index is 9.38. The summed E-state index contributed by atoms with van der Waals surface area (Å²) in [4.78, 5) is 7.40. The van der Waals surface area contributed by atoms with Crippen LogP contribution in [0.3, 0.4) is 0 Å². The Balaban J connectivity index is 2.42. The van der Waals surface area contributed by atoms with Crippen LogP contribution in [-0.4, -0.2) is 15.8 Å². The molecule has 0 amide bonds. The van der Waals surface area contributed by atoms with E-state index in [9.17, 15) is 5.11 Å². The van der Waals surface area contributed by atoms with Crippen molar-refractivity contribution in [3.8, 4) is 16.3 Å². The molecule has 0 saturated carbocycles. The number of hydrogen-bond acceptors (Lipinski definition) is 4.